The van der Waals surface area contributed by atoms with Gasteiger partial charge in [-0.1, -0.05) is 10.3 Å². The Morgan fingerprint density at radius 3 is 3.00 bits per heavy atom. The molecule has 0 unspecified atom stereocenters. The fraction of sp³-hybridized carbons (Fsp3) is 0.600. The van der Waals surface area contributed by atoms with E-state index in [1.54, 1.807) is 4.68 Å². The largest absolute Gasteiger partial charge is 0.370 e. The Balaban J connectivity index is 2.39. The van der Waals surface area contributed by atoms with E-state index in [4.69, 9.17) is 18.0 Å². The fourth-order valence-electron chi connectivity index (χ4n) is 0.773. The second-order valence-electron chi connectivity index (χ2n) is 2.30. The van der Waals surface area contributed by atoms with Gasteiger partial charge in [-0.3, -0.25) is 4.79 Å². The summed E-state index contributed by atoms with van der Waals surface area (Å²) >= 11 is 4.81. The first-order chi connectivity index (χ1) is 5.70. The van der Waals surface area contributed by atoms with Crippen LogP contribution in [0.5, 0.6) is 0 Å². The Hall–Kier alpha value is -1.24. The van der Waals surface area contributed by atoms with Gasteiger partial charge in [0.1, 0.15) is 0 Å². The number of amides is 1. The highest BCUT2D eigenvalue weighted by Gasteiger charge is 1.97. The van der Waals surface area contributed by atoms with Gasteiger partial charge in [-0.2, -0.15) is 5.21 Å². The lowest BCUT2D eigenvalue weighted by Gasteiger charge is -1.97. The Morgan fingerprint density at radius 1 is 1.75 bits per heavy atom. The van der Waals surface area contributed by atoms with Crippen LogP contribution in [-0.4, -0.2) is 26.1 Å². The zero-order valence-electron chi connectivity index (χ0n) is 6.36. The Labute approximate surface area is 73.7 Å². The van der Waals surface area contributed by atoms with Crippen LogP contribution in [0.15, 0.2) is 0 Å². The van der Waals surface area contributed by atoms with E-state index in [1.165, 1.54) is 0 Å². The van der Waals surface area contributed by atoms with Crippen molar-refractivity contribution in [2.24, 2.45) is 5.73 Å². The van der Waals surface area contributed by atoms with E-state index in [1.807, 2.05) is 0 Å². The van der Waals surface area contributed by atoms with E-state index in [0.717, 1.165) is 0 Å². The van der Waals surface area contributed by atoms with Crippen molar-refractivity contribution in [1.29, 1.82) is 0 Å². The minimum absolute atomic E-state index is 0.311. The minimum Gasteiger partial charge on any atom is -0.370 e. The second-order valence-corrected chi connectivity index (χ2v) is 2.67. The SMILES string of the molecule is NC(=O)CCCn1[nH]nnc1=S. The third kappa shape index (κ3) is 2.42. The molecule has 0 fully saturated rings. The topological polar surface area (TPSA) is 89.6 Å². The lowest BCUT2D eigenvalue weighted by molar-refractivity contribution is -0.118. The molecule has 0 radical (unpaired) electrons. The lowest BCUT2D eigenvalue weighted by atomic mass is 10.3. The van der Waals surface area contributed by atoms with Crippen LogP contribution in [0, 0.1) is 4.77 Å². The van der Waals surface area contributed by atoms with Gasteiger partial charge in [0.05, 0.1) is 0 Å². The number of hydrogen-bond donors (Lipinski definition) is 2. The molecular weight excluding hydrogens is 178 g/mol. The van der Waals surface area contributed by atoms with Crippen molar-refractivity contribution in [3.63, 3.8) is 0 Å². The summed E-state index contributed by atoms with van der Waals surface area (Å²) in [5.41, 5.74) is 4.95. The van der Waals surface area contributed by atoms with Crippen LogP contribution < -0.4 is 5.73 Å². The van der Waals surface area contributed by atoms with E-state index in [0.29, 0.717) is 24.2 Å². The molecule has 0 aliphatic heterocycles. The molecule has 0 saturated carbocycles. The number of nitrogens with one attached hydrogen (secondary N) is 1. The minimum atomic E-state index is -0.311. The molecule has 0 saturated heterocycles. The number of nitrogens with zero attached hydrogens (tertiary/aromatic N) is 3. The number of aryl methyl sites for hydroxylation is 1. The highest BCUT2D eigenvalue weighted by molar-refractivity contribution is 7.71. The van der Waals surface area contributed by atoms with Gasteiger partial charge >= 0.3 is 0 Å². The van der Waals surface area contributed by atoms with E-state index < -0.39 is 0 Å². The third-order valence-electron chi connectivity index (χ3n) is 1.34. The van der Waals surface area contributed by atoms with E-state index >= 15 is 0 Å². The highest BCUT2D eigenvalue weighted by Crippen LogP contribution is 1.92. The standard InChI is InChI=1S/C5H9N5OS/c6-4(11)2-1-3-10-5(12)7-8-9-10/h1-3H2,(H2,6,11)(H,7,9,12). The number of tetrazole rings is 1. The normalized spacial score (nSPS) is 10.0. The van der Waals surface area contributed by atoms with Crippen molar-refractivity contribution in [3.05, 3.63) is 4.77 Å². The molecule has 7 heteroatoms. The van der Waals surface area contributed by atoms with Crippen LogP contribution in [0.3, 0.4) is 0 Å². The van der Waals surface area contributed by atoms with Crippen LogP contribution in [0.1, 0.15) is 12.8 Å². The Kier molecular flexibility index (Phi) is 2.92. The summed E-state index contributed by atoms with van der Waals surface area (Å²) in [6, 6.07) is 0. The summed E-state index contributed by atoms with van der Waals surface area (Å²) in [5.74, 6) is -0.311. The van der Waals surface area contributed by atoms with Gasteiger partial charge in [0, 0.05) is 13.0 Å². The first-order valence-corrected chi connectivity index (χ1v) is 3.87. The molecule has 0 bridgehead atoms. The number of primary amides is 1. The van der Waals surface area contributed by atoms with Crippen LogP contribution >= 0.6 is 12.2 Å². The smallest absolute Gasteiger partial charge is 0.238 e. The van der Waals surface area contributed by atoms with Crippen molar-refractivity contribution in [3.8, 4) is 0 Å². The summed E-state index contributed by atoms with van der Waals surface area (Å²) in [6.07, 6.45) is 0.994. The molecule has 1 amide bonds. The van der Waals surface area contributed by atoms with Crippen molar-refractivity contribution >= 4 is 18.1 Å². The number of carbonyl (C=O) groups is 1. The molecular formula is C5H9N5OS. The zero-order chi connectivity index (χ0) is 8.97. The number of nitrogens with two attached hydrogens (primary N) is 1. The number of H-pyrrole nitrogens is 1. The molecule has 0 aliphatic carbocycles. The summed E-state index contributed by atoms with van der Waals surface area (Å²) in [7, 11) is 0. The van der Waals surface area contributed by atoms with Crippen molar-refractivity contribution in [2.75, 3.05) is 0 Å². The average molecular weight is 187 g/mol. The molecule has 3 N–H and O–H groups in total. The molecule has 66 valence electrons. The number of carbonyl (C=O) groups excluding carboxylic acids is 1. The van der Waals surface area contributed by atoms with Gasteiger partial charge in [-0.05, 0) is 18.6 Å². The molecule has 0 aromatic carbocycles. The molecule has 1 heterocycles. The molecule has 12 heavy (non-hydrogen) atoms. The molecule has 6 nitrogen and oxygen atoms in total. The fourth-order valence-corrected chi connectivity index (χ4v) is 0.946. The number of rotatable bonds is 4. The second kappa shape index (κ2) is 3.96. The average Bonchev–Trinajstić information content (AvgIpc) is 2.36. The number of aromatic nitrogens is 4. The lowest BCUT2D eigenvalue weighted by Crippen LogP contribution is -2.11. The van der Waals surface area contributed by atoms with Crippen LogP contribution in [0.2, 0.25) is 0 Å². The summed E-state index contributed by atoms with van der Waals surface area (Å²) in [6.45, 7) is 0.592. The first-order valence-electron chi connectivity index (χ1n) is 3.46. The third-order valence-corrected chi connectivity index (χ3v) is 1.64. The highest BCUT2D eigenvalue weighted by atomic mass is 32.1. The van der Waals surface area contributed by atoms with Crippen LogP contribution in [0.25, 0.3) is 0 Å². The number of aromatic amines is 1. The van der Waals surface area contributed by atoms with Crippen molar-refractivity contribution in [2.45, 2.75) is 19.4 Å². The predicted molar refractivity (Wildman–Crippen MR) is 43.6 cm³/mol. The summed E-state index contributed by atoms with van der Waals surface area (Å²) in [5, 5.41) is 9.64. The molecule has 1 aromatic rings. The van der Waals surface area contributed by atoms with Gasteiger partial charge < -0.3 is 5.73 Å². The van der Waals surface area contributed by atoms with Crippen molar-refractivity contribution in [1.82, 2.24) is 20.2 Å². The molecule has 0 atom stereocenters. The van der Waals surface area contributed by atoms with Gasteiger partial charge in [-0.15, -0.1) is 0 Å². The monoisotopic (exact) mass is 187 g/mol. The van der Waals surface area contributed by atoms with Gasteiger partial charge in [0.25, 0.3) is 0 Å². The Bertz CT molecular complexity index is 316. The maximum Gasteiger partial charge on any atom is 0.238 e. The molecule has 0 spiro atoms. The van der Waals surface area contributed by atoms with E-state index in [2.05, 4.69) is 15.5 Å². The molecule has 1 rings (SSSR count). The summed E-state index contributed by atoms with van der Waals surface area (Å²) < 4.78 is 1.97. The van der Waals surface area contributed by atoms with Crippen LogP contribution in [-0.2, 0) is 11.3 Å². The number of hydrogen-bond acceptors (Lipinski definition) is 4. The summed E-state index contributed by atoms with van der Waals surface area (Å²) in [4.78, 5) is 10.4. The van der Waals surface area contributed by atoms with E-state index in [9.17, 15) is 4.79 Å². The maximum absolute atomic E-state index is 10.4. The molecule has 1 aromatic heterocycles. The van der Waals surface area contributed by atoms with Crippen molar-refractivity contribution < 1.29 is 4.79 Å². The van der Waals surface area contributed by atoms with Gasteiger partial charge in [0.15, 0.2) is 0 Å². The van der Waals surface area contributed by atoms with E-state index in [-0.39, 0.29) is 5.91 Å². The van der Waals surface area contributed by atoms with Gasteiger partial charge in [-0.25, -0.2) is 4.68 Å². The molecule has 0 aliphatic rings. The predicted octanol–water partition coefficient (Wildman–Crippen LogP) is -0.399. The maximum atomic E-state index is 10.4. The van der Waals surface area contributed by atoms with Crippen LogP contribution in [0.4, 0.5) is 0 Å². The zero-order valence-corrected chi connectivity index (χ0v) is 7.17. The Morgan fingerprint density at radius 2 is 2.50 bits per heavy atom. The first kappa shape index (κ1) is 8.85. The quantitative estimate of drug-likeness (QED) is 0.628. The van der Waals surface area contributed by atoms with Gasteiger partial charge in [0.2, 0.25) is 10.7 Å².